The van der Waals surface area contributed by atoms with E-state index < -0.39 is 0 Å². The Labute approximate surface area is 114 Å². The summed E-state index contributed by atoms with van der Waals surface area (Å²) in [5.41, 5.74) is 0.0745. The van der Waals surface area contributed by atoms with Gasteiger partial charge >= 0.3 is 5.97 Å². The number of unbranched alkanes of at least 4 members (excludes halogenated alkanes) is 5. The number of hydrogen-bond acceptors (Lipinski definition) is 3. The van der Waals surface area contributed by atoms with E-state index in [9.17, 15) is 4.79 Å². The minimum atomic E-state index is -0.319. The molecule has 0 atom stereocenters. The van der Waals surface area contributed by atoms with Crippen molar-refractivity contribution in [3.05, 3.63) is 12.7 Å². The predicted octanol–water partition coefficient (Wildman–Crippen LogP) is 2.52. The molecule has 0 spiro atoms. The molecule has 0 rings (SSSR count). The molecule has 0 fully saturated rings. The van der Waals surface area contributed by atoms with E-state index in [1.165, 1.54) is 31.8 Å². The standard InChI is InChI=1S/C14H28O3Si/c1-4-13(15)16-12-10-8-6-5-7-9-11-14(2,3)17-18/h4H,1,5-12H2,2-3,18H3. The van der Waals surface area contributed by atoms with Gasteiger partial charge in [0, 0.05) is 11.7 Å². The lowest BCUT2D eigenvalue weighted by Gasteiger charge is -2.23. The summed E-state index contributed by atoms with van der Waals surface area (Å²) >= 11 is 0. The van der Waals surface area contributed by atoms with E-state index >= 15 is 0 Å². The second-order valence-corrected chi connectivity index (χ2v) is 5.62. The number of ether oxygens (including phenoxy) is 1. The zero-order valence-electron chi connectivity index (χ0n) is 12.2. The number of carbonyl (C=O) groups excluding carboxylic acids is 1. The number of rotatable bonds is 11. The van der Waals surface area contributed by atoms with Crippen LogP contribution in [0.25, 0.3) is 0 Å². The number of esters is 1. The summed E-state index contributed by atoms with van der Waals surface area (Å²) < 4.78 is 10.4. The minimum absolute atomic E-state index is 0.0745. The fourth-order valence-corrected chi connectivity index (χ4v) is 1.90. The summed E-state index contributed by atoms with van der Waals surface area (Å²) in [4.78, 5) is 10.8. The smallest absolute Gasteiger partial charge is 0.330 e. The molecule has 0 aromatic carbocycles. The third-order valence-electron chi connectivity index (χ3n) is 3.14. The minimum Gasteiger partial charge on any atom is -0.463 e. The largest absolute Gasteiger partial charge is 0.463 e. The Morgan fingerprint density at radius 3 is 2.28 bits per heavy atom. The lowest BCUT2D eigenvalue weighted by Crippen LogP contribution is -2.22. The normalized spacial score (nSPS) is 11.4. The quantitative estimate of drug-likeness (QED) is 0.251. The van der Waals surface area contributed by atoms with Crippen molar-refractivity contribution in [2.75, 3.05) is 6.61 Å². The monoisotopic (exact) mass is 272 g/mol. The first-order valence-electron chi connectivity index (χ1n) is 6.86. The fraction of sp³-hybridized carbons (Fsp3) is 0.786. The fourth-order valence-electron chi connectivity index (χ4n) is 1.69. The van der Waals surface area contributed by atoms with Gasteiger partial charge in [-0.25, -0.2) is 4.79 Å². The molecule has 0 radical (unpaired) electrons. The van der Waals surface area contributed by atoms with Crippen molar-refractivity contribution in [3.8, 4) is 0 Å². The molecule has 0 amide bonds. The van der Waals surface area contributed by atoms with Gasteiger partial charge in [0.15, 0.2) is 0 Å². The van der Waals surface area contributed by atoms with Gasteiger partial charge in [-0.05, 0) is 26.7 Å². The van der Waals surface area contributed by atoms with Crippen LogP contribution in [-0.4, -0.2) is 28.7 Å². The first kappa shape index (κ1) is 17.4. The van der Waals surface area contributed by atoms with Gasteiger partial charge in [-0.3, -0.25) is 0 Å². The van der Waals surface area contributed by atoms with Gasteiger partial charge in [0.05, 0.1) is 6.61 Å². The highest BCUT2D eigenvalue weighted by Crippen LogP contribution is 2.17. The van der Waals surface area contributed by atoms with Crippen LogP contribution in [0, 0.1) is 0 Å². The van der Waals surface area contributed by atoms with E-state index in [1.54, 1.807) is 0 Å². The van der Waals surface area contributed by atoms with Crippen molar-refractivity contribution in [2.24, 2.45) is 0 Å². The van der Waals surface area contributed by atoms with E-state index in [0.717, 1.165) is 29.7 Å². The Morgan fingerprint density at radius 1 is 1.17 bits per heavy atom. The lowest BCUT2D eigenvalue weighted by molar-refractivity contribution is -0.137. The van der Waals surface area contributed by atoms with Crippen molar-refractivity contribution in [1.82, 2.24) is 0 Å². The van der Waals surface area contributed by atoms with Gasteiger partial charge in [0.25, 0.3) is 0 Å². The molecule has 0 heterocycles. The van der Waals surface area contributed by atoms with E-state index in [1.807, 2.05) is 0 Å². The second-order valence-electron chi connectivity index (χ2n) is 5.21. The molecule has 3 nitrogen and oxygen atoms in total. The molecule has 0 aliphatic heterocycles. The molecular formula is C14H28O3Si. The zero-order valence-corrected chi connectivity index (χ0v) is 14.2. The van der Waals surface area contributed by atoms with Crippen LogP contribution in [0.2, 0.25) is 0 Å². The van der Waals surface area contributed by atoms with Crippen LogP contribution in [0.15, 0.2) is 12.7 Å². The average molecular weight is 272 g/mol. The third kappa shape index (κ3) is 10.5. The summed E-state index contributed by atoms with van der Waals surface area (Å²) in [5, 5.41) is 0. The van der Waals surface area contributed by atoms with Crippen LogP contribution in [0.5, 0.6) is 0 Å². The Balaban J connectivity index is 3.22. The van der Waals surface area contributed by atoms with E-state index in [4.69, 9.17) is 9.16 Å². The van der Waals surface area contributed by atoms with Crippen molar-refractivity contribution >= 4 is 16.5 Å². The summed E-state index contributed by atoms with van der Waals surface area (Å²) in [5.74, 6) is -0.319. The average Bonchev–Trinajstić information content (AvgIpc) is 2.36. The van der Waals surface area contributed by atoms with Crippen molar-refractivity contribution < 1.29 is 14.0 Å². The first-order valence-corrected chi connectivity index (χ1v) is 7.68. The molecule has 18 heavy (non-hydrogen) atoms. The Morgan fingerprint density at radius 2 is 1.72 bits per heavy atom. The molecule has 0 unspecified atom stereocenters. The van der Waals surface area contributed by atoms with Crippen LogP contribution in [0.1, 0.15) is 58.8 Å². The molecule has 106 valence electrons. The molecule has 0 saturated heterocycles. The maximum Gasteiger partial charge on any atom is 0.330 e. The molecule has 0 aliphatic rings. The number of hydrogen-bond donors (Lipinski definition) is 0. The van der Waals surface area contributed by atoms with Crippen LogP contribution in [0.4, 0.5) is 0 Å². The number of carbonyl (C=O) groups is 1. The van der Waals surface area contributed by atoms with Crippen molar-refractivity contribution in [1.29, 1.82) is 0 Å². The summed E-state index contributed by atoms with van der Waals surface area (Å²) in [6.07, 6.45) is 9.41. The summed E-state index contributed by atoms with van der Waals surface area (Å²) in [7, 11) is 0.818. The third-order valence-corrected chi connectivity index (χ3v) is 4.24. The predicted molar refractivity (Wildman–Crippen MR) is 78.6 cm³/mol. The van der Waals surface area contributed by atoms with Gasteiger partial charge in [-0.1, -0.05) is 38.7 Å². The van der Waals surface area contributed by atoms with Crippen LogP contribution >= 0.6 is 0 Å². The summed E-state index contributed by atoms with van der Waals surface area (Å²) in [6.45, 7) is 8.20. The van der Waals surface area contributed by atoms with Crippen LogP contribution in [-0.2, 0) is 14.0 Å². The molecule has 0 saturated carbocycles. The van der Waals surface area contributed by atoms with Crippen LogP contribution < -0.4 is 0 Å². The molecule has 0 aromatic heterocycles. The highest BCUT2D eigenvalue weighted by molar-refractivity contribution is 5.98. The van der Waals surface area contributed by atoms with Gasteiger partial charge in [0.2, 0.25) is 0 Å². The van der Waals surface area contributed by atoms with Gasteiger partial charge in [0.1, 0.15) is 10.5 Å². The molecule has 0 bridgehead atoms. The molecule has 0 aromatic rings. The van der Waals surface area contributed by atoms with Gasteiger partial charge in [-0.2, -0.15) is 0 Å². The maximum absolute atomic E-state index is 10.8. The first-order chi connectivity index (χ1) is 8.52. The second kappa shape index (κ2) is 10.3. The lowest BCUT2D eigenvalue weighted by atomic mass is 10.00. The summed E-state index contributed by atoms with van der Waals surface area (Å²) in [6, 6.07) is 0. The highest BCUT2D eigenvalue weighted by Gasteiger charge is 2.13. The van der Waals surface area contributed by atoms with Gasteiger partial charge < -0.3 is 9.16 Å². The van der Waals surface area contributed by atoms with E-state index in [-0.39, 0.29) is 11.6 Å². The SMILES string of the molecule is C=CC(=O)OCCCCCCCCC(C)(C)O[SiH3]. The maximum atomic E-state index is 10.8. The molecule has 0 N–H and O–H groups in total. The van der Waals surface area contributed by atoms with Crippen molar-refractivity contribution in [2.45, 2.75) is 64.4 Å². The molecule has 4 heteroatoms. The van der Waals surface area contributed by atoms with Crippen LogP contribution in [0.3, 0.4) is 0 Å². The Bertz CT molecular complexity index is 239. The van der Waals surface area contributed by atoms with Gasteiger partial charge in [-0.15, -0.1) is 0 Å². The van der Waals surface area contributed by atoms with E-state index in [2.05, 4.69) is 20.4 Å². The molecular weight excluding hydrogens is 244 g/mol. The topological polar surface area (TPSA) is 35.5 Å². The highest BCUT2D eigenvalue weighted by atomic mass is 28.2. The Hall–Kier alpha value is -0.613. The van der Waals surface area contributed by atoms with E-state index in [0.29, 0.717) is 6.61 Å². The van der Waals surface area contributed by atoms with Crippen molar-refractivity contribution in [3.63, 3.8) is 0 Å². The Kier molecular flexibility index (Phi) is 9.97. The molecule has 0 aliphatic carbocycles. The zero-order chi connectivity index (χ0) is 13.9.